The minimum atomic E-state index is -0.632. The zero-order valence-electron chi connectivity index (χ0n) is 12.7. The van der Waals surface area contributed by atoms with E-state index in [0.717, 1.165) is 24.2 Å². The summed E-state index contributed by atoms with van der Waals surface area (Å²) in [6.07, 6.45) is -0.632. The van der Waals surface area contributed by atoms with Crippen molar-refractivity contribution in [1.29, 1.82) is 0 Å². The first-order valence-electron chi connectivity index (χ1n) is 7.47. The lowest BCUT2D eigenvalue weighted by atomic mass is 10.0. The van der Waals surface area contributed by atoms with E-state index in [-0.39, 0.29) is 24.2 Å². The number of halogens is 1. The molecule has 1 aliphatic rings. The maximum absolute atomic E-state index is 12.6. The van der Waals surface area contributed by atoms with Crippen LogP contribution in [0.25, 0.3) is 0 Å². The molecule has 0 saturated carbocycles. The number of carbonyl (C=O) groups excluding carboxylic acids is 1. The van der Waals surface area contributed by atoms with Crippen LogP contribution in [0.3, 0.4) is 0 Å². The van der Waals surface area contributed by atoms with E-state index < -0.39 is 6.10 Å². The molecule has 0 radical (unpaired) electrons. The number of amides is 1. The monoisotopic (exact) mass is 352 g/mol. The summed E-state index contributed by atoms with van der Waals surface area (Å²) in [4.78, 5) is 14.4. The number of nitrogens with one attached hydrogen (secondary N) is 1. The van der Waals surface area contributed by atoms with Crippen LogP contribution in [0.2, 0.25) is 0 Å². The van der Waals surface area contributed by atoms with Crippen LogP contribution in [0, 0.1) is 5.92 Å². The molecule has 1 aliphatic heterocycles. The lowest BCUT2D eigenvalue weighted by molar-refractivity contribution is -0.139. The van der Waals surface area contributed by atoms with E-state index in [0.29, 0.717) is 13.1 Å². The number of hydrogen-bond acceptors (Lipinski definition) is 4. The zero-order valence-corrected chi connectivity index (χ0v) is 14.4. The summed E-state index contributed by atoms with van der Waals surface area (Å²) >= 11 is 1.56. The fourth-order valence-electron chi connectivity index (χ4n) is 2.54. The molecule has 0 aliphatic carbocycles. The van der Waals surface area contributed by atoms with Gasteiger partial charge in [-0.25, -0.2) is 0 Å². The van der Waals surface area contributed by atoms with Gasteiger partial charge in [0.05, 0.1) is 18.6 Å². The van der Waals surface area contributed by atoms with Gasteiger partial charge in [0.15, 0.2) is 0 Å². The highest BCUT2D eigenvalue weighted by atomic mass is 35.5. The fraction of sp³-hybridized carbons (Fsp3) is 0.353. The molecule has 2 aromatic rings. The molecule has 1 aromatic carbocycles. The Balaban J connectivity index is 0.00000192. The Bertz CT molecular complexity index is 602. The Hall–Kier alpha value is -1.40. The first kappa shape index (κ1) is 17.9. The van der Waals surface area contributed by atoms with Gasteiger partial charge in [-0.05, 0) is 28.0 Å². The van der Waals surface area contributed by atoms with Crippen molar-refractivity contribution >= 4 is 29.7 Å². The zero-order chi connectivity index (χ0) is 15.4. The molecule has 0 bridgehead atoms. The van der Waals surface area contributed by atoms with Crippen LogP contribution in [0.1, 0.15) is 17.2 Å². The molecule has 1 saturated heterocycles. The minimum absolute atomic E-state index is 0. The largest absolute Gasteiger partial charge is 0.387 e. The van der Waals surface area contributed by atoms with Crippen molar-refractivity contribution in [2.45, 2.75) is 12.6 Å². The van der Waals surface area contributed by atoms with Gasteiger partial charge >= 0.3 is 0 Å². The van der Waals surface area contributed by atoms with Gasteiger partial charge in [-0.15, -0.1) is 12.4 Å². The summed E-state index contributed by atoms with van der Waals surface area (Å²) in [5, 5.41) is 17.4. The maximum Gasteiger partial charge on any atom is 0.228 e. The van der Waals surface area contributed by atoms with Gasteiger partial charge in [0.1, 0.15) is 0 Å². The SMILES string of the molecule is Cl.O=C(C1CNC1)N(Cc1ccccc1)CC(O)c1ccsc1. The molecule has 1 aromatic heterocycles. The molecule has 23 heavy (non-hydrogen) atoms. The van der Waals surface area contributed by atoms with Crippen LogP contribution in [0.4, 0.5) is 0 Å². The average Bonchev–Trinajstić information content (AvgIpc) is 3.00. The quantitative estimate of drug-likeness (QED) is 0.839. The maximum atomic E-state index is 12.6. The first-order chi connectivity index (χ1) is 10.7. The number of thiophene rings is 1. The van der Waals surface area contributed by atoms with Gasteiger partial charge < -0.3 is 15.3 Å². The van der Waals surface area contributed by atoms with Gasteiger partial charge in [0.2, 0.25) is 5.91 Å². The summed E-state index contributed by atoms with van der Waals surface area (Å²) in [6, 6.07) is 11.8. The van der Waals surface area contributed by atoms with E-state index in [9.17, 15) is 9.90 Å². The van der Waals surface area contributed by atoms with Crippen LogP contribution in [0.15, 0.2) is 47.2 Å². The molecular weight excluding hydrogens is 332 g/mol. The average molecular weight is 353 g/mol. The van der Waals surface area contributed by atoms with E-state index in [4.69, 9.17) is 0 Å². The number of rotatable bonds is 6. The van der Waals surface area contributed by atoms with Crippen LogP contribution >= 0.6 is 23.7 Å². The lowest BCUT2D eigenvalue weighted by Crippen LogP contribution is -2.52. The van der Waals surface area contributed by atoms with E-state index in [2.05, 4.69) is 5.32 Å². The number of benzene rings is 1. The van der Waals surface area contributed by atoms with Gasteiger partial charge in [0, 0.05) is 19.6 Å². The van der Waals surface area contributed by atoms with Gasteiger partial charge in [-0.1, -0.05) is 30.3 Å². The van der Waals surface area contributed by atoms with E-state index in [1.165, 1.54) is 0 Å². The number of aliphatic hydroxyl groups excluding tert-OH is 1. The second kappa shape index (κ2) is 8.45. The summed E-state index contributed by atoms with van der Waals surface area (Å²) in [5.41, 5.74) is 1.96. The van der Waals surface area contributed by atoms with Gasteiger partial charge in [-0.3, -0.25) is 4.79 Å². The highest BCUT2D eigenvalue weighted by Gasteiger charge is 2.30. The molecule has 1 amide bonds. The molecule has 0 spiro atoms. The minimum Gasteiger partial charge on any atom is -0.387 e. The number of nitrogens with zero attached hydrogens (tertiary/aromatic N) is 1. The van der Waals surface area contributed by atoms with Crippen molar-refractivity contribution in [3.63, 3.8) is 0 Å². The number of carbonyl (C=O) groups is 1. The second-order valence-electron chi connectivity index (χ2n) is 5.63. The van der Waals surface area contributed by atoms with E-state index in [1.807, 2.05) is 47.2 Å². The molecular formula is C17H21ClN2O2S. The topological polar surface area (TPSA) is 52.6 Å². The van der Waals surface area contributed by atoms with E-state index >= 15 is 0 Å². The summed E-state index contributed by atoms with van der Waals surface area (Å²) in [6.45, 7) is 2.34. The predicted octanol–water partition coefficient (Wildman–Crippen LogP) is 2.45. The standard InChI is InChI=1S/C17H20N2O2S.ClH/c20-16(14-6-7-22-12-14)11-19(17(21)15-8-18-9-15)10-13-4-2-1-3-5-13;/h1-7,12,15-16,18,20H,8-11H2;1H. The fourth-order valence-corrected chi connectivity index (χ4v) is 3.24. The third-order valence-corrected chi connectivity index (χ3v) is 4.68. The Labute approximate surface area is 146 Å². The summed E-state index contributed by atoms with van der Waals surface area (Å²) < 4.78 is 0. The highest BCUT2D eigenvalue weighted by Crippen LogP contribution is 2.20. The molecule has 2 N–H and O–H groups in total. The third-order valence-electron chi connectivity index (χ3n) is 3.98. The molecule has 4 nitrogen and oxygen atoms in total. The van der Waals surface area contributed by atoms with Crippen molar-refractivity contribution in [2.75, 3.05) is 19.6 Å². The highest BCUT2D eigenvalue weighted by molar-refractivity contribution is 7.07. The Morgan fingerprint density at radius 3 is 2.61 bits per heavy atom. The van der Waals surface area contributed by atoms with Crippen molar-refractivity contribution in [3.05, 3.63) is 58.3 Å². The van der Waals surface area contributed by atoms with Gasteiger partial charge in [0.25, 0.3) is 0 Å². The van der Waals surface area contributed by atoms with Gasteiger partial charge in [-0.2, -0.15) is 11.3 Å². The van der Waals surface area contributed by atoms with Crippen molar-refractivity contribution < 1.29 is 9.90 Å². The third kappa shape index (κ3) is 4.54. The molecule has 3 rings (SSSR count). The normalized spacial score (nSPS) is 15.3. The van der Waals surface area contributed by atoms with Crippen molar-refractivity contribution in [3.8, 4) is 0 Å². The Kier molecular flexibility index (Phi) is 6.59. The van der Waals surface area contributed by atoms with E-state index in [1.54, 1.807) is 16.2 Å². The molecule has 2 heterocycles. The molecule has 1 unspecified atom stereocenters. The molecule has 6 heteroatoms. The van der Waals surface area contributed by atoms with Crippen LogP contribution in [0.5, 0.6) is 0 Å². The smallest absolute Gasteiger partial charge is 0.228 e. The van der Waals surface area contributed by atoms with Crippen LogP contribution in [-0.4, -0.2) is 35.5 Å². The number of aliphatic hydroxyl groups is 1. The van der Waals surface area contributed by atoms with Crippen LogP contribution in [-0.2, 0) is 11.3 Å². The molecule has 124 valence electrons. The predicted molar refractivity (Wildman–Crippen MR) is 94.7 cm³/mol. The van der Waals surface area contributed by atoms with Crippen molar-refractivity contribution in [2.24, 2.45) is 5.92 Å². The molecule has 1 atom stereocenters. The number of hydrogen-bond donors (Lipinski definition) is 2. The Morgan fingerprint density at radius 1 is 1.30 bits per heavy atom. The summed E-state index contributed by atoms with van der Waals surface area (Å²) in [7, 11) is 0. The lowest BCUT2D eigenvalue weighted by Gasteiger charge is -2.33. The Morgan fingerprint density at radius 2 is 2.04 bits per heavy atom. The summed E-state index contributed by atoms with van der Waals surface area (Å²) in [5.74, 6) is 0.162. The molecule has 1 fully saturated rings. The van der Waals surface area contributed by atoms with Crippen molar-refractivity contribution in [1.82, 2.24) is 10.2 Å². The first-order valence-corrected chi connectivity index (χ1v) is 8.42. The van der Waals surface area contributed by atoms with Crippen LogP contribution < -0.4 is 5.32 Å². The second-order valence-corrected chi connectivity index (χ2v) is 6.41.